The molecular formula is C14H23ClN4. The van der Waals surface area contributed by atoms with Crippen LogP contribution in [0.15, 0.2) is 6.33 Å². The molecule has 19 heavy (non-hydrogen) atoms. The van der Waals surface area contributed by atoms with E-state index in [9.17, 15) is 0 Å². The molecule has 0 saturated heterocycles. The summed E-state index contributed by atoms with van der Waals surface area (Å²) in [4.78, 5) is 8.05. The number of hydrogen-bond acceptors (Lipinski definition) is 4. The monoisotopic (exact) mass is 282 g/mol. The molecule has 1 heterocycles. The average Bonchev–Trinajstić information content (AvgIpc) is 2.79. The number of nitrogens with two attached hydrogens (primary N) is 1. The van der Waals surface area contributed by atoms with Crippen molar-refractivity contribution in [2.45, 2.75) is 46.0 Å². The Morgan fingerprint density at radius 1 is 1.37 bits per heavy atom. The van der Waals surface area contributed by atoms with Gasteiger partial charge in [-0.25, -0.2) is 9.97 Å². The number of nitrogens with zero attached hydrogens (tertiary/aromatic N) is 2. The Bertz CT molecular complexity index is 427. The minimum absolute atomic E-state index is 0.321. The summed E-state index contributed by atoms with van der Waals surface area (Å²) in [7, 11) is 0. The van der Waals surface area contributed by atoms with Crippen LogP contribution in [-0.4, -0.2) is 16.5 Å². The summed E-state index contributed by atoms with van der Waals surface area (Å²) in [5.74, 6) is 1.38. The fourth-order valence-electron chi connectivity index (χ4n) is 3.23. The van der Waals surface area contributed by atoms with Crippen LogP contribution in [0.3, 0.4) is 0 Å². The van der Waals surface area contributed by atoms with E-state index in [0.29, 0.717) is 28.0 Å². The molecule has 1 aliphatic carbocycles. The van der Waals surface area contributed by atoms with Crippen LogP contribution in [0.1, 0.15) is 46.0 Å². The summed E-state index contributed by atoms with van der Waals surface area (Å²) in [5.41, 5.74) is 6.73. The van der Waals surface area contributed by atoms with Crippen molar-refractivity contribution in [1.82, 2.24) is 9.97 Å². The first-order valence-electron chi connectivity index (χ1n) is 7.02. The van der Waals surface area contributed by atoms with Crippen LogP contribution < -0.4 is 11.1 Å². The molecule has 0 amide bonds. The van der Waals surface area contributed by atoms with Gasteiger partial charge in [-0.15, -0.1) is 0 Å². The van der Waals surface area contributed by atoms with Gasteiger partial charge in [0.15, 0.2) is 11.0 Å². The number of hydrogen-bond donors (Lipinski definition) is 2. The summed E-state index contributed by atoms with van der Waals surface area (Å²) >= 11 is 5.91. The molecule has 0 spiro atoms. The molecule has 1 saturated carbocycles. The SMILES string of the molecule is CC(C)CC1(CNc2ncnc(Cl)c2N)CCCC1. The lowest BCUT2D eigenvalue weighted by atomic mass is 9.78. The standard InChI is InChI=1S/C14H23ClN4/c1-10(2)7-14(5-3-4-6-14)8-17-13-11(16)12(15)18-9-19-13/h9-10H,3-8,16H2,1-2H3,(H,17,18,19). The van der Waals surface area contributed by atoms with Gasteiger partial charge in [-0.05, 0) is 30.6 Å². The Balaban J connectivity index is 2.05. The summed E-state index contributed by atoms with van der Waals surface area (Å²) in [6.07, 6.45) is 7.93. The molecule has 0 bridgehead atoms. The lowest BCUT2D eigenvalue weighted by molar-refractivity contribution is 0.252. The Morgan fingerprint density at radius 3 is 2.68 bits per heavy atom. The van der Waals surface area contributed by atoms with E-state index >= 15 is 0 Å². The summed E-state index contributed by atoms with van der Waals surface area (Å²) in [6, 6.07) is 0. The highest BCUT2D eigenvalue weighted by molar-refractivity contribution is 6.32. The second kappa shape index (κ2) is 5.95. The number of nitrogens with one attached hydrogen (secondary N) is 1. The maximum atomic E-state index is 5.91. The Morgan fingerprint density at radius 2 is 2.05 bits per heavy atom. The van der Waals surface area contributed by atoms with E-state index in [1.807, 2.05) is 0 Å². The molecule has 106 valence electrons. The number of anilines is 2. The Hall–Kier alpha value is -1.03. The number of nitrogen functional groups attached to an aromatic ring is 1. The van der Waals surface area contributed by atoms with Gasteiger partial charge in [0.25, 0.3) is 0 Å². The second-order valence-electron chi connectivity index (χ2n) is 6.09. The van der Waals surface area contributed by atoms with Crippen molar-refractivity contribution in [1.29, 1.82) is 0 Å². The van der Waals surface area contributed by atoms with Crippen molar-refractivity contribution in [3.63, 3.8) is 0 Å². The minimum Gasteiger partial charge on any atom is -0.393 e. The highest BCUT2D eigenvalue weighted by Crippen LogP contribution is 2.43. The van der Waals surface area contributed by atoms with E-state index in [-0.39, 0.29) is 0 Å². The summed E-state index contributed by atoms with van der Waals surface area (Å²) < 4.78 is 0. The van der Waals surface area contributed by atoms with E-state index < -0.39 is 0 Å². The third-order valence-electron chi connectivity index (χ3n) is 3.97. The van der Waals surface area contributed by atoms with Gasteiger partial charge >= 0.3 is 0 Å². The number of rotatable bonds is 5. The first-order valence-corrected chi connectivity index (χ1v) is 7.40. The number of halogens is 1. The zero-order chi connectivity index (χ0) is 13.9. The molecule has 0 aliphatic heterocycles. The van der Waals surface area contributed by atoms with E-state index in [1.165, 1.54) is 38.4 Å². The third kappa shape index (κ3) is 3.50. The van der Waals surface area contributed by atoms with Crippen LogP contribution in [0.4, 0.5) is 11.5 Å². The van der Waals surface area contributed by atoms with Crippen molar-refractivity contribution >= 4 is 23.1 Å². The molecular weight excluding hydrogens is 260 g/mol. The van der Waals surface area contributed by atoms with Gasteiger partial charge in [-0.1, -0.05) is 38.3 Å². The van der Waals surface area contributed by atoms with Gasteiger partial charge in [-0.2, -0.15) is 0 Å². The Kier molecular flexibility index (Phi) is 4.50. The van der Waals surface area contributed by atoms with Crippen LogP contribution in [0.2, 0.25) is 5.15 Å². The molecule has 5 heteroatoms. The van der Waals surface area contributed by atoms with Crippen molar-refractivity contribution in [3.05, 3.63) is 11.5 Å². The van der Waals surface area contributed by atoms with Gasteiger partial charge in [0, 0.05) is 6.54 Å². The highest BCUT2D eigenvalue weighted by atomic mass is 35.5. The van der Waals surface area contributed by atoms with Crippen molar-refractivity contribution in [2.75, 3.05) is 17.6 Å². The van der Waals surface area contributed by atoms with E-state index in [0.717, 1.165) is 6.54 Å². The van der Waals surface area contributed by atoms with Gasteiger partial charge in [0.1, 0.15) is 12.0 Å². The predicted octanol–water partition coefficient (Wildman–Crippen LogP) is 3.73. The molecule has 0 unspecified atom stereocenters. The quantitative estimate of drug-likeness (QED) is 0.808. The van der Waals surface area contributed by atoms with Crippen LogP contribution in [0, 0.1) is 11.3 Å². The molecule has 3 N–H and O–H groups in total. The molecule has 1 aliphatic rings. The van der Waals surface area contributed by atoms with E-state index in [2.05, 4.69) is 29.1 Å². The van der Waals surface area contributed by atoms with Crippen molar-refractivity contribution in [2.24, 2.45) is 11.3 Å². The highest BCUT2D eigenvalue weighted by Gasteiger charge is 2.34. The van der Waals surface area contributed by atoms with Gasteiger partial charge in [0.05, 0.1) is 0 Å². The second-order valence-corrected chi connectivity index (χ2v) is 6.44. The van der Waals surface area contributed by atoms with Crippen LogP contribution in [0.25, 0.3) is 0 Å². The molecule has 2 rings (SSSR count). The smallest absolute Gasteiger partial charge is 0.157 e. The van der Waals surface area contributed by atoms with Crippen molar-refractivity contribution in [3.8, 4) is 0 Å². The molecule has 0 atom stereocenters. The zero-order valence-electron chi connectivity index (χ0n) is 11.7. The van der Waals surface area contributed by atoms with Crippen molar-refractivity contribution < 1.29 is 0 Å². The average molecular weight is 283 g/mol. The van der Waals surface area contributed by atoms with Gasteiger partial charge in [0.2, 0.25) is 0 Å². The fourth-order valence-corrected chi connectivity index (χ4v) is 3.36. The maximum Gasteiger partial charge on any atom is 0.157 e. The normalized spacial score (nSPS) is 17.9. The van der Waals surface area contributed by atoms with E-state index in [4.69, 9.17) is 17.3 Å². The van der Waals surface area contributed by atoms with Gasteiger partial charge in [-0.3, -0.25) is 0 Å². The molecule has 0 radical (unpaired) electrons. The molecule has 0 aromatic carbocycles. The topological polar surface area (TPSA) is 63.8 Å². The molecule has 1 aromatic rings. The largest absolute Gasteiger partial charge is 0.393 e. The maximum absolute atomic E-state index is 5.91. The molecule has 1 aromatic heterocycles. The van der Waals surface area contributed by atoms with E-state index in [1.54, 1.807) is 0 Å². The Labute approximate surface area is 120 Å². The minimum atomic E-state index is 0.321. The van der Waals surface area contributed by atoms with Crippen LogP contribution >= 0.6 is 11.6 Å². The zero-order valence-corrected chi connectivity index (χ0v) is 12.5. The third-order valence-corrected chi connectivity index (χ3v) is 4.27. The lowest BCUT2D eigenvalue weighted by Crippen LogP contribution is -2.29. The molecule has 1 fully saturated rings. The molecule has 4 nitrogen and oxygen atoms in total. The number of aromatic nitrogens is 2. The summed E-state index contributed by atoms with van der Waals surface area (Å²) in [5, 5.41) is 3.70. The first kappa shape index (κ1) is 14.4. The van der Waals surface area contributed by atoms with Gasteiger partial charge < -0.3 is 11.1 Å². The fraction of sp³-hybridized carbons (Fsp3) is 0.714. The lowest BCUT2D eigenvalue weighted by Gasteiger charge is -2.31. The first-order chi connectivity index (χ1) is 9.02. The predicted molar refractivity (Wildman–Crippen MR) is 80.3 cm³/mol. The summed E-state index contributed by atoms with van der Waals surface area (Å²) in [6.45, 7) is 5.49. The van der Waals surface area contributed by atoms with Crippen LogP contribution in [0.5, 0.6) is 0 Å². The van der Waals surface area contributed by atoms with Crippen LogP contribution in [-0.2, 0) is 0 Å².